The first-order valence-electron chi connectivity index (χ1n) is 6.32. The number of hydrogen-bond acceptors (Lipinski definition) is 3. The molecular formula is C16H10FN3O. The van der Waals surface area contributed by atoms with Crippen LogP contribution < -0.4 is 5.56 Å². The average molecular weight is 279 g/mol. The number of fused-ring (bicyclic) bond motifs is 1. The fourth-order valence-corrected chi connectivity index (χ4v) is 2.19. The van der Waals surface area contributed by atoms with Crippen molar-refractivity contribution in [3.8, 4) is 6.07 Å². The van der Waals surface area contributed by atoms with Gasteiger partial charge in [0, 0.05) is 5.56 Å². The molecule has 21 heavy (non-hydrogen) atoms. The molecule has 1 aromatic heterocycles. The van der Waals surface area contributed by atoms with Gasteiger partial charge in [0.2, 0.25) is 0 Å². The van der Waals surface area contributed by atoms with Crippen molar-refractivity contribution < 1.29 is 4.39 Å². The second kappa shape index (κ2) is 5.17. The smallest absolute Gasteiger partial charge is 0.261 e. The molecule has 4 nitrogen and oxygen atoms in total. The van der Waals surface area contributed by atoms with Crippen LogP contribution in [0.15, 0.2) is 53.6 Å². The molecule has 1 heterocycles. The SMILES string of the molecule is N#Cc1cccc(Cn2cnc3ccccc3c2=O)c1F. The predicted octanol–water partition coefficient (Wildman–Crippen LogP) is 2.46. The molecule has 0 atom stereocenters. The van der Waals surface area contributed by atoms with E-state index in [1.165, 1.54) is 17.0 Å². The molecule has 0 aliphatic carbocycles. The summed E-state index contributed by atoms with van der Waals surface area (Å²) in [6.45, 7) is 0.0397. The van der Waals surface area contributed by atoms with E-state index >= 15 is 0 Å². The molecule has 0 aliphatic rings. The summed E-state index contributed by atoms with van der Waals surface area (Å²) in [5, 5.41) is 9.32. The number of nitrogens with zero attached hydrogens (tertiary/aromatic N) is 3. The maximum absolute atomic E-state index is 14.0. The van der Waals surface area contributed by atoms with Gasteiger partial charge in [0.15, 0.2) is 0 Å². The molecule has 0 radical (unpaired) electrons. The number of rotatable bonds is 2. The van der Waals surface area contributed by atoms with Crippen molar-refractivity contribution in [1.82, 2.24) is 9.55 Å². The minimum atomic E-state index is -0.597. The maximum Gasteiger partial charge on any atom is 0.261 e. The number of nitriles is 1. The maximum atomic E-state index is 14.0. The molecule has 0 N–H and O–H groups in total. The van der Waals surface area contributed by atoms with E-state index in [-0.39, 0.29) is 23.2 Å². The molecule has 0 spiro atoms. The Balaban J connectivity index is 2.09. The first-order valence-corrected chi connectivity index (χ1v) is 6.32. The lowest BCUT2D eigenvalue weighted by Crippen LogP contribution is -2.21. The van der Waals surface area contributed by atoms with Crippen LogP contribution in [0.1, 0.15) is 11.1 Å². The number of benzene rings is 2. The van der Waals surface area contributed by atoms with E-state index in [9.17, 15) is 9.18 Å². The minimum absolute atomic E-state index is 0.0331. The Kier molecular flexibility index (Phi) is 3.20. The van der Waals surface area contributed by atoms with Crippen molar-refractivity contribution in [1.29, 1.82) is 5.26 Å². The molecule has 0 unspecified atom stereocenters. The Morgan fingerprint density at radius 2 is 2.00 bits per heavy atom. The quantitative estimate of drug-likeness (QED) is 0.724. The lowest BCUT2D eigenvalue weighted by molar-refractivity contribution is 0.592. The van der Waals surface area contributed by atoms with Crippen LogP contribution in [0.4, 0.5) is 4.39 Å². The lowest BCUT2D eigenvalue weighted by atomic mass is 10.1. The van der Waals surface area contributed by atoms with Gasteiger partial charge in [-0.05, 0) is 18.2 Å². The number of hydrogen-bond donors (Lipinski definition) is 0. The molecule has 0 saturated heterocycles. The van der Waals surface area contributed by atoms with Gasteiger partial charge in [0.1, 0.15) is 11.9 Å². The summed E-state index contributed by atoms with van der Waals surface area (Å²) >= 11 is 0. The standard InChI is InChI=1S/C16H10FN3O/c17-15-11(8-18)4-3-5-12(15)9-20-10-19-14-7-2-1-6-13(14)16(20)21/h1-7,10H,9H2. The highest BCUT2D eigenvalue weighted by atomic mass is 19.1. The fourth-order valence-electron chi connectivity index (χ4n) is 2.19. The van der Waals surface area contributed by atoms with Gasteiger partial charge in [-0.25, -0.2) is 9.37 Å². The van der Waals surface area contributed by atoms with Crippen LogP contribution >= 0.6 is 0 Å². The topological polar surface area (TPSA) is 58.7 Å². The summed E-state index contributed by atoms with van der Waals surface area (Å²) in [6.07, 6.45) is 1.39. The van der Waals surface area contributed by atoms with Crippen molar-refractivity contribution in [2.75, 3.05) is 0 Å². The largest absolute Gasteiger partial charge is 0.294 e. The minimum Gasteiger partial charge on any atom is -0.294 e. The molecule has 2 aromatic carbocycles. The summed E-state index contributed by atoms with van der Waals surface area (Å²) in [7, 11) is 0. The van der Waals surface area contributed by atoms with E-state index in [2.05, 4.69) is 4.98 Å². The van der Waals surface area contributed by atoms with Crippen LogP contribution in [-0.4, -0.2) is 9.55 Å². The Morgan fingerprint density at radius 1 is 1.19 bits per heavy atom. The van der Waals surface area contributed by atoms with Crippen LogP contribution in [0, 0.1) is 17.1 Å². The predicted molar refractivity (Wildman–Crippen MR) is 76.2 cm³/mol. The Labute approximate surface area is 119 Å². The lowest BCUT2D eigenvalue weighted by Gasteiger charge is -2.08. The van der Waals surface area contributed by atoms with Crippen LogP contribution in [0.3, 0.4) is 0 Å². The third-order valence-electron chi connectivity index (χ3n) is 3.27. The van der Waals surface area contributed by atoms with E-state index in [0.29, 0.717) is 10.9 Å². The zero-order valence-electron chi connectivity index (χ0n) is 11.0. The fraction of sp³-hybridized carbons (Fsp3) is 0.0625. The van der Waals surface area contributed by atoms with Crippen LogP contribution in [0.2, 0.25) is 0 Å². The summed E-state index contributed by atoms with van der Waals surface area (Å²) < 4.78 is 15.4. The van der Waals surface area contributed by atoms with E-state index < -0.39 is 5.82 Å². The summed E-state index contributed by atoms with van der Waals surface area (Å²) in [6, 6.07) is 13.3. The summed E-state index contributed by atoms with van der Waals surface area (Å²) in [5.74, 6) is -0.597. The average Bonchev–Trinajstić information content (AvgIpc) is 2.52. The van der Waals surface area contributed by atoms with E-state index in [1.807, 2.05) is 0 Å². The van der Waals surface area contributed by atoms with Gasteiger partial charge in [-0.1, -0.05) is 24.3 Å². The van der Waals surface area contributed by atoms with Crippen molar-refractivity contribution in [2.45, 2.75) is 6.54 Å². The Bertz CT molecular complexity index is 925. The van der Waals surface area contributed by atoms with Gasteiger partial charge >= 0.3 is 0 Å². The molecule has 5 heteroatoms. The molecule has 3 aromatic rings. The van der Waals surface area contributed by atoms with Gasteiger partial charge in [-0.2, -0.15) is 5.26 Å². The van der Waals surface area contributed by atoms with Crippen LogP contribution in [-0.2, 0) is 6.54 Å². The third kappa shape index (κ3) is 2.28. The van der Waals surface area contributed by atoms with Gasteiger partial charge < -0.3 is 0 Å². The van der Waals surface area contributed by atoms with Crippen molar-refractivity contribution >= 4 is 10.9 Å². The normalized spacial score (nSPS) is 10.5. The first-order chi connectivity index (χ1) is 10.2. The third-order valence-corrected chi connectivity index (χ3v) is 3.27. The van der Waals surface area contributed by atoms with Gasteiger partial charge in [-0.15, -0.1) is 0 Å². The highest BCUT2D eigenvalue weighted by molar-refractivity contribution is 5.76. The van der Waals surface area contributed by atoms with Crippen molar-refractivity contribution in [3.63, 3.8) is 0 Å². The highest BCUT2D eigenvalue weighted by Crippen LogP contribution is 2.13. The van der Waals surface area contributed by atoms with Crippen LogP contribution in [0.5, 0.6) is 0 Å². The van der Waals surface area contributed by atoms with Crippen LogP contribution in [0.25, 0.3) is 10.9 Å². The second-order valence-electron chi connectivity index (χ2n) is 4.59. The number of para-hydroxylation sites is 1. The first kappa shape index (κ1) is 13.0. The summed E-state index contributed by atoms with van der Waals surface area (Å²) in [4.78, 5) is 16.5. The second-order valence-corrected chi connectivity index (χ2v) is 4.59. The molecule has 0 bridgehead atoms. The van der Waals surface area contributed by atoms with E-state index in [0.717, 1.165) is 0 Å². The highest BCUT2D eigenvalue weighted by Gasteiger charge is 2.10. The molecular weight excluding hydrogens is 269 g/mol. The van der Waals surface area contributed by atoms with Gasteiger partial charge in [-0.3, -0.25) is 9.36 Å². The van der Waals surface area contributed by atoms with Crippen molar-refractivity contribution in [3.05, 3.63) is 76.1 Å². The molecule has 3 rings (SSSR count). The Hall–Kier alpha value is -3.00. The van der Waals surface area contributed by atoms with Gasteiger partial charge in [0.25, 0.3) is 5.56 Å². The van der Waals surface area contributed by atoms with Crippen molar-refractivity contribution in [2.24, 2.45) is 0 Å². The number of halogens is 1. The zero-order chi connectivity index (χ0) is 14.8. The Morgan fingerprint density at radius 3 is 2.81 bits per heavy atom. The molecule has 0 aliphatic heterocycles. The van der Waals surface area contributed by atoms with E-state index in [4.69, 9.17) is 5.26 Å². The molecule has 0 saturated carbocycles. The van der Waals surface area contributed by atoms with Gasteiger partial charge in [0.05, 0.1) is 29.3 Å². The van der Waals surface area contributed by atoms with E-state index in [1.54, 1.807) is 42.5 Å². The zero-order valence-corrected chi connectivity index (χ0v) is 11.0. The molecule has 102 valence electrons. The molecule has 0 fully saturated rings. The molecule has 0 amide bonds. The summed E-state index contributed by atoms with van der Waals surface area (Å²) in [5.41, 5.74) is 0.620. The monoisotopic (exact) mass is 279 g/mol. The number of aromatic nitrogens is 2.